The Labute approximate surface area is 116 Å². The summed E-state index contributed by atoms with van der Waals surface area (Å²) in [5.41, 5.74) is 9.32. The quantitative estimate of drug-likeness (QED) is 0.741. The van der Waals surface area contributed by atoms with Crippen LogP contribution in [0.1, 0.15) is 18.3 Å². The lowest BCUT2D eigenvalue weighted by molar-refractivity contribution is 0.629. The molecule has 0 aliphatic carbocycles. The summed E-state index contributed by atoms with van der Waals surface area (Å²) in [5.74, 6) is 0.674. The number of hydrogen-bond donors (Lipinski definition) is 1. The Hall–Kier alpha value is -2.36. The zero-order valence-electron chi connectivity index (χ0n) is 11.3. The van der Waals surface area contributed by atoms with E-state index < -0.39 is 0 Å². The number of nitrogens with two attached hydrogens (primary N) is 1. The first-order chi connectivity index (χ1) is 9.67. The molecule has 3 aromatic rings. The Balaban J connectivity index is 2.06. The van der Waals surface area contributed by atoms with Crippen molar-refractivity contribution in [1.82, 2.24) is 9.55 Å². The molecule has 20 heavy (non-hydrogen) atoms. The number of fused-ring (bicyclic) bond motifs is 1. The smallest absolute Gasteiger partial charge is 0.125 e. The highest BCUT2D eigenvalue weighted by atomic mass is 19.1. The molecule has 2 aromatic carbocycles. The number of hydrogen-bond acceptors (Lipinski definition) is 2. The number of anilines is 1. The van der Waals surface area contributed by atoms with Crippen molar-refractivity contribution in [2.45, 2.75) is 19.9 Å². The van der Waals surface area contributed by atoms with Gasteiger partial charge in [0.05, 0.1) is 11.0 Å². The van der Waals surface area contributed by atoms with E-state index in [2.05, 4.69) is 16.5 Å². The van der Waals surface area contributed by atoms with Crippen LogP contribution < -0.4 is 5.73 Å². The molecule has 1 heterocycles. The third kappa shape index (κ3) is 2.25. The molecule has 2 N–H and O–H groups in total. The summed E-state index contributed by atoms with van der Waals surface area (Å²) in [6.45, 7) is 2.87. The molecule has 0 saturated heterocycles. The van der Waals surface area contributed by atoms with Gasteiger partial charge in [0.15, 0.2) is 0 Å². The average Bonchev–Trinajstić information content (AvgIpc) is 2.74. The molecule has 1 aromatic heterocycles. The summed E-state index contributed by atoms with van der Waals surface area (Å²) in [5, 5.41) is 0. The summed E-state index contributed by atoms with van der Waals surface area (Å²) < 4.78 is 15.4. The Bertz CT molecular complexity index is 762. The Morgan fingerprint density at radius 3 is 2.80 bits per heavy atom. The van der Waals surface area contributed by atoms with Crippen LogP contribution in [0.15, 0.2) is 42.5 Å². The Morgan fingerprint density at radius 1 is 1.20 bits per heavy atom. The van der Waals surface area contributed by atoms with Gasteiger partial charge < -0.3 is 10.3 Å². The van der Waals surface area contributed by atoms with E-state index in [4.69, 9.17) is 5.73 Å². The molecule has 0 fully saturated rings. The third-order valence-electron chi connectivity index (χ3n) is 3.42. The van der Waals surface area contributed by atoms with Crippen molar-refractivity contribution in [3.8, 4) is 0 Å². The highest BCUT2D eigenvalue weighted by Crippen LogP contribution is 2.20. The fraction of sp³-hybridized carbons (Fsp3) is 0.188. The van der Waals surface area contributed by atoms with E-state index in [0.29, 0.717) is 11.9 Å². The molecular formula is C16H16FN3. The fourth-order valence-corrected chi connectivity index (χ4v) is 2.53. The average molecular weight is 269 g/mol. The summed E-state index contributed by atoms with van der Waals surface area (Å²) in [6.07, 6.45) is 0.690. The van der Waals surface area contributed by atoms with Gasteiger partial charge in [0.2, 0.25) is 0 Å². The van der Waals surface area contributed by atoms with Crippen molar-refractivity contribution in [3.05, 3.63) is 59.7 Å². The first-order valence-corrected chi connectivity index (χ1v) is 6.66. The predicted octanol–water partition coefficient (Wildman–Crippen LogP) is 3.37. The zero-order valence-corrected chi connectivity index (χ0v) is 11.3. The van der Waals surface area contributed by atoms with Crippen molar-refractivity contribution in [2.75, 3.05) is 5.73 Å². The largest absolute Gasteiger partial charge is 0.399 e. The Morgan fingerprint density at radius 2 is 2.05 bits per heavy atom. The van der Waals surface area contributed by atoms with Gasteiger partial charge >= 0.3 is 0 Å². The second-order valence-corrected chi connectivity index (χ2v) is 4.83. The molecule has 0 spiro atoms. The van der Waals surface area contributed by atoms with Gasteiger partial charge in [-0.3, -0.25) is 0 Å². The van der Waals surface area contributed by atoms with Gasteiger partial charge in [-0.25, -0.2) is 9.37 Å². The van der Waals surface area contributed by atoms with Crippen LogP contribution in [0.3, 0.4) is 0 Å². The summed E-state index contributed by atoms with van der Waals surface area (Å²) in [7, 11) is 0. The molecule has 0 amide bonds. The topological polar surface area (TPSA) is 43.8 Å². The van der Waals surface area contributed by atoms with Crippen molar-refractivity contribution < 1.29 is 4.39 Å². The van der Waals surface area contributed by atoms with Crippen molar-refractivity contribution in [2.24, 2.45) is 0 Å². The van der Waals surface area contributed by atoms with Crippen LogP contribution in [0, 0.1) is 5.82 Å². The van der Waals surface area contributed by atoms with Gasteiger partial charge in [0.1, 0.15) is 11.6 Å². The van der Waals surface area contributed by atoms with E-state index in [1.54, 1.807) is 6.07 Å². The molecule has 3 rings (SSSR count). The number of aromatic nitrogens is 2. The van der Waals surface area contributed by atoms with Crippen LogP contribution in [0.4, 0.5) is 10.1 Å². The first kappa shape index (κ1) is 12.7. The number of nitrogens with zero attached hydrogens (tertiary/aromatic N) is 2. The Kier molecular flexibility index (Phi) is 3.14. The predicted molar refractivity (Wildman–Crippen MR) is 79.0 cm³/mol. The third-order valence-corrected chi connectivity index (χ3v) is 3.42. The second-order valence-electron chi connectivity index (χ2n) is 4.83. The van der Waals surface area contributed by atoms with E-state index in [0.717, 1.165) is 29.1 Å². The number of rotatable bonds is 3. The number of halogens is 1. The molecule has 0 aliphatic heterocycles. The molecule has 3 nitrogen and oxygen atoms in total. The minimum Gasteiger partial charge on any atom is -0.399 e. The second kappa shape index (κ2) is 4.96. The lowest BCUT2D eigenvalue weighted by Crippen LogP contribution is -2.03. The summed E-state index contributed by atoms with van der Waals surface area (Å²) >= 11 is 0. The van der Waals surface area contributed by atoms with Crippen LogP contribution in [0.2, 0.25) is 0 Å². The van der Waals surface area contributed by atoms with Gasteiger partial charge in [-0.05, 0) is 36.8 Å². The van der Waals surface area contributed by atoms with Crippen LogP contribution in [0.25, 0.3) is 11.0 Å². The molecule has 0 aliphatic rings. The zero-order chi connectivity index (χ0) is 14.1. The highest BCUT2D eigenvalue weighted by Gasteiger charge is 2.10. The van der Waals surface area contributed by atoms with Crippen molar-refractivity contribution >= 4 is 16.7 Å². The van der Waals surface area contributed by atoms with Gasteiger partial charge in [-0.15, -0.1) is 0 Å². The standard InChI is InChI=1S/C16H16FN3/c1-2-20-15-7-6-12(17)10-14(15)19-16(20)9-11-4-3-5-13(18)8-11/h3-8,10H,2,9,18H2,1H3. The van der Waals surface area contributed by atoms with E-state index in [9.17, 15) is 4.39 Å². The molecule has 0 unspecified atom stereocenters. The monoisotopic (exact) mass is 269 g/mol. The molecule has 0 atom stereocenters. The minimum absolute atomic E-state index is 0.256. The van der Waals surface area contributed by atoms with Gasteiger partial charge in [0, 0.05) is 24.7 Å². The van der Waals surface area contributed by atoms with Crippen molar-refractivity contribution in [1.29, 1.82) is 0 Å². The van der Waals surface area contributed by atoms with E-state index in [1.807, 2.05) is 24.3 Å². The number of nitrogen functional groups attached to an aromatic ring is 1. The number of benzene rings is 2. The molecular weight excluding hydrogens is 253 g/mol. The lowest BCUT2D eigenvalue weighted by atomic mass is 10.1. The van der Waals surface area contributed by atoms with E-state index in [-0.39, 0.29) is 5.82 Å². The molecule has 0 bridgehead atoms. The van der Waals surface area contributed by atoms with Crippen molar-refractivity contribution in [3.63, 3.8) is 0 Å². The summed E-state index contributed by atoms with van der Waals surface area (Å²) in [6, 6.07) is 12.5. The van der Waals surface area contributed by atoms with Gasteiger partial charge in [0.25, 0.3) is 0 Å². The maximum Gasteiger partial charge on any atom is 0.125 e. The van der Waals surface area contributed by atoms with Gasteiger partial charge in [-0.1, -0.05) is 12.1 Å². The first-order valence-electron chi connectivity index (χ1n) is 6.66. The number of aryl methyl sites for hydroxylation is 1. The minimum atomic E-state index is -0.256. The van der Waals surface area contributed by atoms with E-state index in [1.165, 1.54) is 12.1 Å². The van der Waals surface area contributed by atoms with Gasteiger partial charge in [-0.2, -0.15) is 0 Å². The molecule has 4 heteroatoms. The SMILES string of the molecule is CCn1c(Cc2cccc(N)c2)nc2cc(F)ccc21. The fourth-order valence-electron chi connectivity index (χ4n) is 2.53. The molecule has 0 radical (unpaired) electrons. The maximum atomic E-state index is 13.3. The number of imidazole rings is 1. The molecule has 102 valence electrons. The lowest BCUT2D eigenvalue weighted by Gasteiger charge is -2.06. The van der Waals surface area contributed by atoms with Crippen LogP contribution in [-0.4, -0.2) is 9.55 Å². The maximum absolute atomic E-state index is 13.3. The van der Waals surface area contributed by atoms with E-state index >= 15 is 0 Å². The van der Waals surface area contributed by atoms with Crippen LogP contribution in [0.5, 0.6) is 0 Å². The van der Waals surface area contributed by atoms with Crippen LogP contribution >= 0.6 is 0 Å². The summed E-state index contributed by atoms with van der Waals surface area (Å²) in [4.78, 5) is 4.55. The van der Waals surface area contributed by atoms with Crippen LogP contribution in [-0.2, 0) is 13.0 Å². The molecule has 0 saturated carbocycles. The normalized spacial score (nSPS) is 11.1. The highest BCUT2D eigenvalue weighted by molar-refractivity contribution is 5.76.